The quantitative estimate of drug-likeness (QED) is 0.801. The number of hydrogen-bond donors (Lipinski definition) is 2. The van der Waals surface area contributed by atoms with Crippen molar-refractivity contribution in [3.05, 3.63) is 30.3 Å². The van der Waals surface area contributed by atoms with Gasteiger partial charge in [0.2, 0.25) is 10.0 Å². The number of benzene rings is 1. The highest BCUT2D eigenvalue weighted by atomic mass is 32.2. The van der Waals surface area contributed by atoms with Crippen LogP contribution in [0.5, 0.6) is 0 Å². The van der Waals surface area contributed by atoms with Crippen molar-refractivity contribution in [3.8, 4) is 0 Å². The third-order valence-electron chi connectivity index (χ3n) is 3.39. The second kappa shape index (κ2) is 7.42. The molecule has 2 N–H and O–H groups in total. The molecule has 0 atom stereocenters. The average molecular weight is 311 g/mol. The fraction of sp³-hybridized carbons (Fsp3) is 0.500. The Morgan fingerprint density at radius 2 is 1.71 bits per heavy atom. The van der Waals surface area contributed by atoms with Crippen molar-refractivity contribution >= 4 is 16.1 Å². The van der Waals surface area contributed by atoms with Crippen LogP contribution in [0.1, 0.15) is 19.3 Å². The monoisotopic (exact) mass is 311 g/mol. The predicted octanol–water partition coefficient (Wildman–Crippen LogP) is 1.16. The molecule has 116 valence electrons. The summed E-state index contributed by atoms with van der Waals surface area (Å²) < 4.78 is 26.4. The Labute approximate surface area is 125 Å². The molecule has 0 aliphatic carbocycles. The van der Waals surface area contributed by atoms with E-state index >= 15 is 0 Å². The average Bonchev–Trinajstić information content (AvgIpc) is 2.53. The van der Waals surface area contributed by atoms with Gasteiger partial charge in [-0.2, -0.15) is 0 Å². The Hall–Kier alpha value is -1.60. The van der Waals surface area contributed by atoms with Gasteiger partial charge in [0.25, 0.3) is 0 Å². The molecule has 0 saturated carbocycles. The minimum Gasteiger partial charge on any atom is -0.337 e. The summed E-state index contributed by atoms with van der Waals surface area (Å²) in [6.45, 7) is 2.02. The lowest BCUT2D eigenvalue weighted by molar-refractivity contribution is 0.186. The van der Waals surface area contributed by atoms with E-state index in [0.29, 0.717) is 0 Å². The van der Waals surface area contributed by atoms with Crippen LogP contribution >= 0.6 is 0 Å². The second-order valence-corrected chi connectivity index (χ2v) is 6.76. The fourth-order valence-electron chi connectivity index (χ4n) is 2.25. The molecule has 2 rings (SSSR count). The topological polar surface area (TPSA) is 78.5 Å². The SMILES string of the molecule is O=C(NCCNS(=O)(=O)c1ccccc1)N1CCCCC1. The number of urea groups is 1. The Morgan fingerprint density at radius 1 is 1.05 bits per heavy atom. The van der Waals surface area contributed by atoms with E-state index in [9.17, 15) is 13.2 Å². The summed E-state index contributed by atoms with van der Waals surface area (Å²) in [6, 6.07) is 8.06. The number of sulfonamides is 1. The summed E-state index contributed by atoms with van der Waals surface area (Å²) in [5.41, 5.74) is 0. The van der Waals surface area contributed by atoms with Gasteiger partial charge in [0.1, 0.15) is 0 Å². The number of hydrogen-bond acceptors (Lipinski definition) is 3. The zero-order chi connectivity index (χ0) is 15.1. The molecule has 1 saturated heterocycles. The molecule has 21 heavy (non-hydrogen) atoms. The molecule has 7 heteroatoms. The first-order valence-corrected chi connectivity index (χ1v) is 8.65. The molecule has 1 heterocycles. The lowest BCUT2D eigenvalue weighted by Gasteiger charge is -2.26. The molecule has 1 aliphatic heterocycles. The van der Waals surface area contributed by atoms with Crippen molar-refractivity contribution in [1.82, 2.24) is 14.9 Å². The van der Waals surface area contributed by atoms with E-state index in [1.807, 2.05) is 0 Å². The number of rotatable bonds is 5. The van der Waals surface area contributed by atoms with Gasteiger partial charge in [0, 0.05) is 26.2 Å². The van der Waals surface area contributed by atoms with E-state index in [2.05, 4.69) is 10.0 Å². The van der Waals surface area contributed by atoms with Crippen LogP contribution in [0.4, 0.5) is 4.79 Å². The van der Waals surface area contributed by atoms with Crippen molar-refractivity contribution < 1.29 is 13.2 Å². The highest BCUT2D eigenvalue weighted by Crippen LogP contribution is 2.08. The standard InChI is InChI=1S/C14H21N3O3S/c18-14(17-11-5-2-6-12-17)15-9-10-16-21(19,20)13-7-3-1-4-8-13/h1,3-4,7-8,16H,2,5-6,9-12H2,(H,15,18). The Morgan fingerprint density at radius 3 is 2.38 bits per heavy atom. The van der Waals surface area contributed by atoms with Crippen LogP contribution in [-0.2, 0) is 10.0 Å². The normalized spacial score (nSPS) is 15.7. The number of carbonyl (C=O) groups excluding carboxylic acids is 1. The first kappa shape index (κ1) is 15.8. The van der Waals surface area contributed by atoms with Crippen molar-refractivity contribution in [2.75, 3.05) is 26.2 Å². The van der Waals surface area contributed by atoms with E-state index in [1.165, 1.54) is 18.6 Å². The lowest BCUT2D eigenvalue weighted by atomic mass is 10.1. The maximum atomic E-state index is 11.9. The van der Waals surface area contributed by atoms with Crippen LogP contribution in [0.2, 0.25) is 0 Å². The van der Waals surface area contributed by atoms with Crippen LogP contribution in [-0.4, -0.2) is 45.5 Å². The third kappa shape index (κ3) is 4.71. The van der Waals surface area contributed by atoms with Gasteiger partial charge in [-0.3, -0.25) is 0 Å². The van der Waals surface area contributed by atoms with E-state index < -0.39 is 10.0 Å². The number of amides is 2. The van der Waals surface area contributed by atoms with E-state index in [-0.39, 0.29) is 24.0 Å². The molecule has 6 nitrogen and oxygen atoms in total. The van der Waals surface area contributed by atoms with Gasteiger partial charge in [-0.15, -0.1) is 0 Å². The molecule has 0 aromatic heterocycles. The van der Waals surface area contributed by atoms with Crippen LogP contribution < -0.4 is 10.0 Å². The molecular weight excluding hydrogens is 290 g/mol. The van der Waals surface area contributed by atoms with Crippen molar-refractivity contribution in [2.24, 2.45) is 0 Å². The number of likely N-dealkylation sites (tertiary alicyclic amines) is 1. The largest absolute Gasteiger partial charge is 0.337 e. The molecule has 0 spiro atoms. The van der Waals surface area contributed by atoms with Crippen LogP contribution in [0.25, 0.3) is 0 Å². The summed E-state index contributed by atoms with van der Waals surface area (Å²) in [6.07, 6.45) is 3.24. The van der Waals surface area contributed by atoms with E-state index in [0.717, 1.165) is 25.9 Å². The third-order valence-corrected chi connectivity index (χ3v) is 4.87. The smallest absolute Gasteiger partial charge is 0.317 e. The molecule has 1 aromatic carbocycles. The number of carbonyl (C=O) groups is 1. The van der Waals surface area contributed by atoms with Gasteiger partial charge in [-0.1, -0.05) is 18.2 Å². The first-order chi connectivity index (χ1) is 10.1. The summed E-state index contributed by atoms with van der Waals surface area (Å²) in [5, 5.41) is 2.74. The molecule has 0 bridgehead atoms. The predicted molar refractivity (Wildman–Crippen MR) is 80.5 cm³/mol. The van der Waals surface area contributed by atoms with Crippen LogP contribution in [0, 0.1) is 0 Å². The highest BCUT2D eigenvalue weighted by Gasteiger charge is 2.16. The summed E-state index contributed by atoms with van der Waals surface area (Å²) in [5.74, 6) is 0. The minimum absolute atomic E-state index is 0.117. The van der Waals surface area contributed by atoms with E-state index in [4.69, 9.17) is 0 Å². The molecule has 1 fully saturated rings. The van der Waals surface area contributed by atoms with Crippen molar-refractivity contribution in [3.63, 3.8) is 0 Å². The van der Waals surface area contributed by atoms with Gasteiger partial charge >= 0.3 is 6.03 Å². The zero-order valence-electron chi connectivity index (χ0n) is 11.9. The summed E-state index contributed by atoms with van der Waals surface area (Å²) >= 11 is 0. The lowest BCUT2D eigenvalue weighted by Crippen LogP contribution is -2.45. The molecule has 1 aliphatic rings. The molecule has 1 aromatic rings. The zero-order valence-corrected chi connectivity index (χ0v) is 12.7. The second-order valence-electron chi connectivity index (χ2n) is 4.99. The maximum absolute atomic E-state index is 11.9. The van der Waals surface area contributed by atoms with Gasteiger partial charge in [-0.25, -0.2) is 17.9 Å². The van der Waals surface area contributed by atoms with Crippen molar-refractivity contribution in [1.29, 1.82) is 0 Å². The van der Waals surface area contributed by atoms with E-state index in [1.54, 1.807) is 23.1 Å². The summed E-state index contributed by atoms with van der Waals surface area (Å²) in [4.78, 5) is 13.8. The van der Waals surface area contributed by atoms with Gasteiger partial charge in [-0.05, 0) is 31.4 Å². The maximum Gasteiger partial charge on any atom is 0.317 e. The van der Waals surface area contributed by atoms with Gasteiger partial charge < -0.3 is 10.2 Å². The highest BCUT2D eigenvalue weighted by molar-refractivity contribution is 7.89. The minimum atomic E-state index is -3.50. The number of piperidine rings is 1. The van der Waals surface area contributed by atoms with Crippen molar-refractivity contribution in [2.45, 2.75) is 24.2 Å². The Bertz CT molecular complexity index is 554. The van der Waals surface area contributed by atoms with Gasteiger partial charge in [0.15, 0.2) is 0 Å². The number of nitrogens with zero attached hydrogens (tertiary/aromatic N) is 1. The van der Waals surface area contributed by atoms with Crippen LogP contribution in [0.15, 0.2) is 35.2 Å². The molecule has 0 unspecified atom stereocenters. The Kier molecular flexibility index (Phi) is 5.58. The molecule has 0 radical (unpaired) electrons. The number of nitrogens with one attached hydrogen (secondary N) is 2. The van der Waals surface area contributed by atoms with Crippen LogP contribution in [0.3, 0.4) is 0 Å². The summed E-state index contributed by atoms with van der Waals surface area (Å²) in [7, 11) is -3.50. The Balaban J connectivity index is 1.73. The van der Waals surface area contributed by atoms with Gasteiger partial charge in [0.05, 0.1) is 4.90 Å². The molecular formula is C14H21N3O3S. The molecule has 2 amide bonds. The first-order valence-electron chi connectivity index (χ1n) is 7.17. The fourth-order valence-corrected chi connectivity index (χ4v) is 3.30.